The van der Waals surface area contributed by atoms with Gasteiger partial charge in [-0.1, -0.05) is 102 Å². The van der Waals surface area contributed by atoms with E-state index in [1.54, 1.807) is 0 Å². The minimum atomic E-state index is 0.695. The first-order valence-corrected chi connectivity index (χ1v) is 9.47. The smallest absolute Gasteiger partial charge is 0.0117 e. The van der Waals surface area contributed by atoms with Crippen molar-refractivity contribution in [2.45, 2.75) is 97.2 Å². The van der Waals surface area contributed by atoms with Crippen LogP contribution in [0.2, 0.25) is 0 Å². The summed E-state index contributed by atoms with van der Waals surface area (Å²) in [5.41, 5.74) is 0. The summed E-state index contributed by atoms with van der Waals surface area (Å²) < 4.78 is 0. The van der Waals surface area contributed by atoms with Gasteiger partial charge < -0.3 is 0 Å². The Balaban J connectivity index is 3.40. The Morgan fingerprint density at radius 2 is 0.947 bits per heavy atom. The quantitative estimate of drug-likeness (QED) is 0.331. The van der Waals surface area contributed by atoms with E-state index in [0.29, 0.717) is 4.83 Å². The van der Waals surface area contributed by atoms with Crippen LogP contribution in [0.25, 0.3) is 0 Å². The van der Waals surface area contributed by atoms with Crippen molar-refractivity contribution in [3.8, 4) is 0 Å². The third kappa shape index (κ3) is 14.7. The van der Waals surface area contributed by atoms with Crippen molar-refractivity contribution in [3.05, 3.63) is 0 Å². The Morgan fingerprint density at radius 1 is 0.579 bits per heavy atom. The van der Waals surface area contributed by atoms with Gasteiger partial charge in [-0.3, -0.25) is 0 Å². The van der Waals surface area contributed by atoms with Crippen LogP contribution in [-0.2, 0) is 0 Å². The number of halogens is 1. The number of alkyl halides is 1. The van der Waals surface area contributed by atoms with Gasteiger partial charge in [-0.2, -0.15) is 0 Å². The van der Waals surface area contributed by atoms with Gasteiger partial charge in [-0.15, -0.1) is 0 Å². The van der Waals surface area contributed by atoms with E-state index in [-0.39, 0.29) is 0 Å². The highest BCUT2D eigenvalue weighted by Gasteiger charge is 2.07. The second kappa shape index (κ2) is 12.2. The summed E-state index contributed by atoms with van der Waals surface area (Å²) in [6.45, 7) is 11.8. The maximum Gasteiger partial charge on any atom is 0.0117 e. The fourth-order valence-electron chi connectivity index (χ4n) is 2.73. The van der Waals surface area contributed by atoms with Crippen molar-refractivity contribution >= 4 is 15.9 Å². The molecule has 0 aromatic rings. The number of hydrogen-bond acceptors (Lipinski definition) is 0. The first kappa shape index (κ1) is 19.5. The van der Waals surface area contributed by atoms with Crippen molar-refractivity contribution in [1.82, 2.24) is 0 Å². The van der Waals surface area contributed by atoms with Gasteiger partial charge in [-0.25, -0.2) is 0 Å². The van der Waals surface area contributed by atoms with Crippen LogP contribution in [0.4, 0.5) is 0 Å². The molecule has 3 atom stereocenters. The molecule has 0 aliphatic carbocycles. The molecule has 0 radical (unpaired) electrons. The standard InChI is InChI=1S/C18H37Br/c1-15(2)9-6-10-16(3)11-7-12-17(4)13-8-14-18(5)19/h15-18H,6-14H2,1-5H3. The summed E-state index contributed by atoms with van der Waals surface area (Å²) in [5.74, 6) is 2.74. The highest BCUT2D eigenvalue weighted by molar-refractivity contribution is 9.09. The SMILES string of the molecule is CC(C)CCCC(C)CCCC(C)CCCC(C)Br. The molecule has 0 fully saturated rings. The zero-order valence-corrected chi connectivity index (χ0v) is 15.6. The van der Waals surface area contributed by atoms with Crippen LogP contribution in [0.5, 0.6) is 0 Å². The molecule has 0 heterocycles. The van der Waals surface area contributed by atoms with E-state index in [1.807, 2.05) is 0 Å². The Kier molecular flexibility index (Phi) is 12.5. The van der Waals surface area contributed by atoms with Crippen molar-refractivity contribution in [2.24, 2.45) is 17.8 Å². The monoisotopic (exact) mass is 332 g/mol. The summed E-state index contributed by atoms with van der Waals surface area (Å²) in [4.78, 5) is 0.695. The summed E-state index contributed by atoms with van der Waals surface area (Å²) in [5, 5.41) is 0. The Bertz CT molecular complexity index is 166. The minimum Gasteiger partial charge on any atom is -0.0894 e. The van der Waals surface area contributed by atoms with E-state index < -0.39 is 0 Å². The molecule has 0 aliphatic rings. The lowest BCUT2D eigenvalue weighted by molar-refractivity contribution is 0.387. The molecule has 0 bridgehead atoms. The van der Waals surface area contributed by atoms with Gasteiger partial charge in [0.1, 0.15) is 0 Å². The van der Waals surface area contributed by atoms with E-state index in [4.69, 9.17) is 0 Å². The van der Waals surface area contributed by atoms with Gasteiger partial charge in [0, 0.05) is 4.83 Å². The molecule has 0 saturated heterocycles. The molecule has 0 nitrogen and oxygen atoms in total. The molecule has 3 unspecified atom stereocenters. The molecule has 19 heavy (non-hydrogen) atoms. The van der Waals surface area contributed by atoms with E-state index in [0.717, 1.165) is 17.8 Å². The molecular formula is C18H37Br. The lowest BCUT2D eigenvalue weighted by Gasteiger charge is -2.15. The van der Waals surface area contributed by atoms with Crippen molar-refractivity contribution in [1.29, 1.82) is 0 Å². The molecule has 116 valence electrons. The zero-order valence-electron chi connectivity index (χ0n) is 14.1. The van der Waals surface area contributed by atoms with Crippen LogP contribution in [0.1, 0.15) is 92.4 Å². The molecule has 0 spiro atoms. The molecular weight excluding hydrogens is 296 g/mol. The van der Waals surface area contributed by atoms with E-state index in [1.165, 1.54) is 57.8 Å². The van der Waals surface area contributed by atoms with Crippen LogP contribution in [-0.4, -0.2) is 4.83 Å². The summed E-state index contributed by atoms with van der Waals surface area (Å²) >= 11 is 3.63. The highest BCUT2D eigenvalue weighted by Crippen LogP contribution is 2.22. The maximum atomic E-state index is 3.63. The topological polar surface area (TPSA) is 0 Å². The average Bonchev–Trinajstić information content (AvgIpc) is 2.27. The molecule has 0 amide bonds. The largest absolute Gasteiger partial charge is 0.0894 e. The molecule has 0 aromatic heterocycles. The van der Waals surface area contributed by atoms with E-state index in [9.17, 15) is 0 Å². The third-order valence-corrected chi connectivity index (χ3v) is 4.63. The van der Waals surface area contributed by atoms with Gasteiger partial charge in [0.25, 0.3) is 0 Å². The van der Waals surface area contributed by atoms with Crippen molar-refractivity contribution < 1.29 is 0 Å². The Hall–Kier alpha value is 0.480. The second-order valence-corrected chi connectivity index (χ2v) is 8.74. The van der Waals surface area contributed by atoms with Gasteiger partial charge in [-0.05, 0) is 24.2 Å². The lowest BCUT2D eigenvalue weighted by atomic mass is 9.92. The number of rotatable bonds is 12. The number of hydrogen-bond donors (Lipinski definition) is 0. The fraction of sp³-hybridized carbons (Fsp3) is 1.00. The predicted octanol–water partition coefficient (Wildman–Crippen LogP) is 7.21. The molecule has 0 saturated carbocycles. The molecule has 0 aromatic carbocycles. The van der Waals surface area contributed by atoms with Crippen LogP contribution < -0.4 is 0 Å². The summed E-state index contributed by atoms with van der Waals surface area (Å²) in [6, 6.07) is 0. The van der Waals surface area contributed by atoms with E-state index in [2.05, 4.69) is 50.5 Å². The van der Waals surface area contributed by atoms with Gasteiger partial charge >= 0.3 is 0 Å². The Labute approximate surface area is 131 Å². The van der Waals surface area contributed by atoms with Gasteiger partial charge in [0.15, 0.2) is 0 Å². The van der Waals surface area contributed by atoms with Crippen molar-refractivity contribution in [3.63, 3.8) is 0 Å². The average molecular weight is 333 g/mol. The van der Waals surface area contributed by atoms with Crippen molar-refractivity contribution in [2.75, 3.05) is 0 Å². The molecule has 1 heteroatoms. The van der Waals surface area contributed by atoms with Crippen LogP contribution in [0, 0.1) is 17.8 Å². The van der Waals surface area contributed by atoms with Crippen LogP contribution in [0.15, 0.2) is 0 Å². The summed E-state index contributed by atoms with van der Waals surface area (Å²) in [6.07, 6.45) is 12.7. The first-order valence-electron chi connectivity index (χ1n) is 8.55. The maximum absolute atomic E-state index is 3.63. The lowest BCUT2D eigenvalue weighted by Crippen LogP contribution is -2.01. The van der Waals surface area contributed by atoms with Crippen LogP contribution in [0.3, 0.4) is 0 Å². The first-order chi connectivity index (χ1) is 8.91. The van der Waals surface area contributed by atoms with Gasteiger partial charge in [0.05, 0.1) is 0 Å². The third-order valence-electron chi connectivity index (χ3n) is 4.17. The Morgan fingerprint density at radius 3 is 1.32 bits per heavy atom. The molecule has 0 N–H and O–H groups in total. The summed E-state index contributed by atoms with van der Waals surface area (Å²) in [7, 11) is 0. The van der Waals surface area contributed by atoms with Crippen LogP contribution >= 0.6 is 15.9 Å². The van der Waals surface area contributed by atoms with Gasteiger partial charge in [0.2, 0.25) is 0 Å². The predicted molar refractivity (Wildman–Crippen MR) is 93.1 cm³/mol. The highest BCUT2D eigenvalue weighted by atomic mass is 79.9. The zero-order chi connectivity index (χ0) is 14.7. The fourth-order valence-corrected chi connectivity index (χ4v) is 3.05. The minimum absolute atomic E-state index is 0.695. The molecule has 0 aliphatic heterocycles. The van der Waals surface area contributed by atoms with E-state index >= 15 is 0 Å². The molecule has 0 rings (SSSR count). The normalized spacial score (nSPS) is 16.6. The second-order valence-electron chi connectivity index (χ2n) is 7.18.